The molecule has 1 atom stereocenters. The number of halogens is 1. The lowest BCUT2D eigenvalue weighted by molar-refractivity contribution is 0.609. The van der Waals surface area contributed by atoms with Crippen molar-refractivity contribution < 1.29 is 4.39 Å². The van der Waals surface area contributed by atoms with Gasteiger partial charge in [0, 0.05) is 16.7 Å². The normalized spacial score (nSPS) is 12.4. The van der Waals surface area contributed by atoms with Gasteiger partial charge in [-0.2, -0.15) is 0 Å². The molecular formula is C17H20FNS. The highest BCUT2D eigenvalue weighted by atomic mass is 32.2. The van der Waals surface area contributed by atoms with Gasteiger partial charge in [-0.25, -0.2) is 4.39 Å². The molecule has 0 heterocycles. The van der Waals surface area contributed by atoms with Gasteiger partial charge in [-0.1, -0.05) is 23.8 Å². The van der Waals surface area contributed by atoms with Crippen molar-refractivity contribution in [2.24, 2.45) is 0 Å². The van der Waals surface area contributed by atoms with Crippen LogP contribution in [0.15, 0.2) is 47.4 Å². The third kappa shape index (κ3) is 3.84. The van der Waals surface area contributed by atoms with E-state index in [9.17, 15) is 4.39 Å². The number of thioether (sulfide) groups is 1. The second kappa shape index (κ2) is 6.91. The van der Waals surface area contributed by atoms with Crippen LogP contribution < -0.4 is 5.32 Å². The van der Waals surface area contributed by atoms with Gasteiger partial charge in [0.1, 0.15) is 5.82 Å². The van der Waals surface area contributed by atoms with Crippen molar-refractivity contribution in [3.63, 3.8) is 0 Å². The monoisotopic (exact) mass is 289 g/mol. The van der Waals surface area contributed by atoms with Gasteiger partial charge in [0.2, 0.25) is 0 Å². The van der Waals surface area contributed by atoms with Crippen LogP contribution in [0.1, 0.15) is 22.7 Å². The number of aryl methyl sites for hydroxylation is 2. The molecule has 3 heteroatoms. The number of hydrogen-bond acceptors (Lipinski definition) is 2. The van der Waals surface area contributed by atoms with Gasteiger partial charge in [-0.3, -0.25) is 0 Å². The fourth-order valence-corrected chi connectivity index (χ4v) is 3.35. The van der Waals surface area contributed by atoms with E-state index in [1.165, 1.54) is 16.5 Å². The van der Waals surface area contributed by atoms with Crippen LogP contribution in [-0.4, -0.2) is 12.8 Å². The molecule has 2 aromatic rings. The van der Waals surface area contributed by atoms with Gasteiger partial charge in [-0.15, -0.1) is 11.8 Å². The molecule has 2 rings (SSSR count). The summed E-state index contributed by atoms with van der Waals surface area (Å²) in [6, 6.07) is 13.6. The first kappa shape index (κ1) is 15.1. The minimum Gasteiger partial charge on any atom is -0.312 e. The molecule has 0 aliphatic rings. The Balaban J connectivity index is 2.11. The first-order valence-electron chi connectivity index (χ1n) is 6.73. The molecule has 1 unspecified atom stereocenters. The summed E-state index contributed by atoms with van der Waals surface area (Å²) in [5.41, 5.74) is 3.42. The second-order valence-corrected chi connectivity index (χ2v) is 6.06. The molecule has 1 nitrogen and oxygen atoms in total. The quantitative estimate of drug-likeness (QED) is 0.814. The molecule has 2 aromatic carbocycles. The van der Waals surface area contributed by atoms with Crippen molar-refractivity contribution in [3.8, 4) is 0 Å². The molecule has 0 aliphatic carbocycles. The van der Waals surface area contributed by atoms with Crippen molar-refractivity contribution in [2.75, 3.05) is 12.8 Å². The predicted molar refractivity (Wildman–Crippen MR) is 84.8 cm³/mol. The number of hydrogen-bond donors (Lipinski definition) is 1. The van der Waals surface area contributed by atoms with Gasteiger partial charge < -0.3 is 5.32 Å². The van der Waals surface area contributed by atoms with Gasteiger partial charge in [0.25, 0.3) is 0 Å². The fourth-order valence-electron chi connectivity index (χ4n) is 2.20. The molecule has 1 N–H and O–H groups in total. The first-order chi connectivity index (χ1) is 9.60. The van der Waals surface area contributed by atoms with E-state index in [1.54, 1.807) is 17.8 Å². The molecule has 0 spiro atoms. The molecule has 0 saturated heterocycles. The lowest BCUT2D eigenvalue weighted by Crippen LogP contribution is -2.20. The minimum atomic E-state index is -0.175. The van der Waals surface area contributed by atoms with Crippen molar-refractivity contribution >= 4 is 11.8 Å². The molecule has 0 aromatic heterocycles. The van der Waals surface area contributed by atoms with Gasteiger partial charge >= 0.3 is 0 Å². The highest BCUT2D eigenvalue weighted by molar-refractivity contribution is 7.99. The molecule has 20 heavy (non-hydrogen) atoms. The maximum atomic E-state index is 13.4. The maximum Gasteiger partial charge on any atom is 0.123 e. The van der Waals surface area contributed by atoms with Crippen LogP contribution in [0.2, 0.25) is 0 Å². The summed E-state index contributed by atoms with van der Waals surface area (Å²) >= 11 is 1.79. The molecule has 0 amide bonds. The molecule has 106 valence electrons. The minimum absolute atomic E-state index is 0.149. The second-order valence-electron chi connectivity index (χ2n) is 4.97. The zero-order valence-corrected chi connectivity index (χ0v) is 12.9. The van der Waals surface area contributed by atoms with Crippen molar-refractivity contribution in [1.82, 2.24) is 5.32 Å². The third-order valence-corrected chi connectivity index (χ3v) is 4.46. The van der Waals surface area contributed by atoms with E-state index in [1.807, 2.05) is 20.0 Å². The van der Waals surface area contributed by atoms with E-state index in [2.05, 4.69) is 36.5 Å². The van der Waals surface area contributed by atoms with Crippen LogP contribution in [0.3, 0.4) is 0 Å². The largest absolute Gasteiger partial charge is 0.312 e. The van der Waals surface area contributed by atoms with E-state index in [0.29, 0.717) is 0 Å². The summed E-state index contributed by atoms with van der Waals surface area (Å²) in [6.07, 6.45) is 0. The summed E-state index contributed by atoms with van der Waals surface area (Å²) in [5.74, 6) is 0.705. The smallest absolute Gasteiger partial charge is 0.123 e. The summed E-state index contributed by atoms with van der Waals surface area (Å²) < 4.78 is 13.4. The standard InChI is InChI=1S/C17H20FNS/c1-12-5-4-6-15(9-12)20-11-17(19-3)16-10-14(18)8-7-13(16)2/h4-10,17,19H,11H2,1-3H3. The van der Waals surface area contributed by atoms with Crippen LogP contribution in [0, 0.1) is 19.7 Å². The summed E-state index contributed by atoms with van der Waals surface area (Å²) in [6.45, 7) is 4.12. The van der Waals surface area contributed by atoms with E-state index in [0.717, 1.165) is 16.9 Å². The highest BCUT2D eigenvalue weighted by Gasteiger charge is 2.13. The fraction of sp³-hybridized carbons (Fsp3) is 0.294. The van der Waals surface area contributed by atoms with Crippen LogP contribution >= 0.6 is 11.8 Å². The highest BCUT2D eigenvalue weighted by Crippen LogP contribution is 2.27. The van der Waals surface area contributed by atoms with Crippen molar-refractivity contribution in [2.45, 2.75) is 24.8 Å². The molecule has 0 radical (unpaired) electrons. The lowest BCUT2D eigenvalue weighted by atomic mass is 10.0. The maximum absolute atomic E-state index is 13.4. The molecule has 0 bridgehead atoms. The van der Waals surface area contributed by atoms with E-state index in [4.69, 9.17) is 0 Å². The summed E-state index contributed by atoms with van der Waals surface area (Å²) in [7, 11) is 1.92. The van der Waals surface area contributed by atoms with Crippen LogP contribution in [0.4, 0.5) is 4.39 Å². The van der Waals surface area contributed by atoms with Crippen LogP contribution in [0.25, 0.3) is 0 Å². The number of benzene rings is 2. The molecule has 0 fully saturated rings. The predicted octanol–water partition coefficient (Wildman–Crippen LogP) is 4.50. The Morgan fingerprint density at radius 1 is 1.15 bits per heavy atom. The Morgan fingerprint density at radius 2 is 1.95 bits per heavy atom. The Labute approximate surface area is 124 Å². The zero-order valence-electron chi connectivity index (χ0n) is 12.1. The van der Waals surface area contributed by atoms with Crippen LogP contribution in [0.5, 0.6) is 0 Å². The average molecular weight is 289 g/mol. The molecule has 0 aliphatic heterocycles. The first-order valence-corrected chi connectivity index (χ1v) is 7.71. The number of nitrogens with one attached hydrogen (secondary N) is 1. The Hall–Kier alpha value is -1.32. The average Bonchev–Trinajstić information content (AvgIpc) is 2.43. The third-order valence-electron chi connectivity index (χ3n) is 3.37. The Bertz CT molecular complexity index is 583. The van der Waals surface area contributed by atoms with Crippen molar-refractivity contribution in [1.29, 1.82) is 0 Å². The summed E-state index contributed by atoms with van der Waals surface area (Å²) in [5, 5.41) is 3.28. The van der Waals surface area contributed by atoms with Gasteiger partial charge in [0.15, 0.2) is 0 Å². The molecule has 0 saturated carbocycles. The SMILES string of the molecule is CNC(CSc1cccc(C)c1)c1cc(F)ccc1C. The zero-order chi connectivity index (χ0) is 14.5. The van der Waals surface area contributed by atoms with Gasteiger partial charge in [-0.05, 0) is 56.3 Å². The topological polar surface area (TPSA) is 12.0 Å². The lowest BCUT2D eigenvalue weighted by Gasteiger charge is -2.18. The number of rotatable bonds is 5. The van der Waals surface area contributed by atoms with Crippen molar-refractivity contribution in [3.05, 3.63) is 65.0 Å². The van der Waals surface area contributed by atoms with E-state index < -0.39 is 0 Å². The van der Waals surface area contributed by atoms with E-state index >= 15 is 0 Å². The molecular weight excluding hydrogens is 269 g/mol. The Kier molecular flexibility index (Phi) is 5.21. The summed E-state index contributed by atoms with van der Waals surface area (Å²) in [4.78, 5) is 1.25. The van der Waals surface area contributed by atoms with Crippen LogP contribution in [-0.2, 0) is 0 Å². The van der Waals surface area contributed by atoms with Gasteiger partial charge in [0.05, 0.1) is 0 Å². The Morgan fingerprint density at radius 3 is 2.65 bits per heavy atom. The van der Waals surface area contributed by atoms with E-state index in [-0.39, 0.29) is 11.9 Å².